The Labute approximate surface area is 128 Å². The van der Waals surface area contributed by atoms with Crippen LogP contribution < -0.4 is 0 Å². The maximum absolute atomic E-state index is 12.5. The van der Waals surface area contributed by atoms with Gasteiger partial charge in [0.05, 0.1) is 19.2 Å². The number of benzene rings is 1. The Morgan fingerprint density at radius 2 is 1.91 bits per heavy atom. The van der Waals surface area contributed by atoms with E-state index in [1.165, 1.54) is 19.1 Å². The molecule has 22 heavy (non-hydrogen) atoms. The van der Waals surface area contributed by atoms with Crippen LogP contribution in [0.4, 0.5) is 0 Å². The van der Waals surface area contributed by atoms with Gasteiger partial charge in [0, 0.05) is 19.0 Å². The summed E-state index contributed by atoms with van der Waals surface area (Å²) >= 11 is 0. The highest BCUT2D eigenvalue weighted by molar-refractivity contribution is 5.96. The number of ether oxygens (including phenoxy) is 2. The Hall–Kier alpha value is -2.47. The Morgan fingerprint density at radius 1 is 1.14 bits per heavy atom. The van der Waals surface area contributed by atoms with Crippen LogP contribution in [-0.4, -0.2) is 55.7 Å². The minimum Gasteiger partial charge on any atom is -0.468 e. The molecule has 0 spiro atoms. The van der Waals surface area contributed by atoms with Crippen molar-refractivity contribution in [2.24, 2.45) is 0 Å². The van der Waals surface area contributed by atoms with Gasteiger partial charge in [-0.2, -0.15) is 0 Å². The van der Waals surface area contributed by atoms with Crippen molar-refractivity contribution in [1.29, 1.82) is 0 Å². The number of rotatable bonds is 6. The molecule has 1 heterocycles. The molecule has 0 atom stereocenters. The van der Waals surface area contributed by atoms with E-state index in [2.05, 4.69) is 9.72 Å². The maximum atomic E-state index is 12.5. The fourth-order valence-corrected chi connectivity index (χ4v) is 2.02. The van der Waals surface area contributed by atoms with E-state index in [4.69, 9.17) is 4.74 Å². The number of pyridine rings is 1. The lowest BCUT2D eigenvalue weighted by molar-refractivity contribution is -0.141. The summed E-state index contributed by atoms with van der Waals surface area (Å²) in [6.07, 6.45) is 0. The zero-order chi connectivity index (χ0) is 15.9. The molecule has 116 valence electrons. The van der Waals surface area contributed by atoms with E-state index in [0.29, 0.717) is 18.8 Å². The van der Waals surface area contributed by atoms with Gasteiger partial charge in [-0.25, -0.2) is 4.98 Å². The standard InChI is InChI=1S/C16H18N2O4/c1-21-10-9-18(11-15(19)22-2)16(20)14-8-7-12-5-3-4-6-13(12)17-14/h3-8H,9-11H2,1-2H3. The topological polar surface area (TPSA) is 68.7 Å². The molecule has 0 fully saturated rings. The Bertz CT molecular complexity index is 672. The third-order valence-electron chi connectivity index (χ3n) is 3.22. The van der Waals surface area contributed by atoms with Crippen molar-refractivity contribution < 1.29 is 19.1 Å². The Kier molecular flexibility index (Phi) is 5.43. The van der Waals surface area contributed by atoms with Crippen molar-refractivity contribution in [3.05, 3.63) is 42.1 Å². The van der Waals surface area contributed by atoms with Gasteiger partial charge < -0.3 is 14.4 Å². The molecule has 0 aliphatic rings. The number of aromatic nitrogens is 1. The number of nitrogens with zero attached hydrogens (tertiary/aromatic N) is 2. The summed E-state index contributed by atoms with van der Waals surface area (Å²) in [5.74, 6) is -0.807. The summed E-state index contributed by atoms with van der Waals surface area (Å²) in [5, 5.41) is 0.954. The van der Waals surface area contributed by atoms with Crippen molar-refractivity contribution in [3.63, 3.8) is 0 Å². The largest absolute Gasteiger partial charge is 0.468 e. The molecule has 1 aromatic heterocycles. The van der Waals surface area contributed by atoms with E-state index in [1.807, 2.05) is 30.3 Å². The third kappa shape index (κ3) is 3.79. The van der Waals surface area contributed by atoms with Crippen LogP contribution in [-0.2, 0) is 14.3 Å². The first-order valence-electron chi connectivity index (χ1n) is 6.86. The first-order chi connectivity index (χ1) is 10.7. The van der Waals surface area contributed by atoms with E-state index < -0.39 is 5.97 Å². The molecule has 0 unspecified atom stereocenters. The van der Waals surface area contributed by atoms with Crippen LogP contribution >= 0.6 is 0 Å². The van der Waals surface area contributed by atoms with E-state index in [0.717, 1.165) is 10.9 Å². The van der Waals surface area contributed by atoms with Gasteiger partial charge in [-0.1, -0.05) is 24.3 Å². The summed E-state index contributed by atoms with van der Waals surface area (Å²) < 4.78 is 9.60. The smallest absolute Gasteiger partial charge is 0.325 e. The minimum atomic E-state index is -0.481. The molecule has 0 saturated heterocycles. The molecule has 0 N–H and O–H groups in total. The van der Waals surface area contributed by atoms with E-state index in [1.54, 1.807) is 6.07 Å². The monoisotopic (exact) mass is 302 g/mol. The number of para-hydroxylation sites is 1. The lowest BCUT2D eigenvalue weighted by atomic mass is 10.2. The molecule has 0 aliphatic heterocycles. The first kappa shape index (κ1) is 15.9. The normalized spacial score (nSPS) is 10.5. The quantitative estimate of drug-likeness (QED) is 0.756. The van der Waals surface area contributed by atoms with Crippen LogP contribution in [0.3, 0.4) is 0 Å². The summed E-state index contributed by atoms with van der Waals surface area (Å²) in [7, 11) is 2.82. The molecule has 0 saturated carbocycles. The van der Waals surface area contributed by atoms with E-state index in [-0.39, 0.29) is 12.5 Å². The van der Waals surface area contributed by atoms with Gasteiger partial charge in [0.15, 0.2) is 0 Å². The van der Waals surface area contributed by atoms with Crippen molar-refractivity contribution in [3.8, 4) is 0 Å². The molecule has 1 amide bonds. The second kappa shape index (κ2) is 7.51. The Balaban J connectivity index is 2.24. The number of hydrogen-bond donors (Lipinski definition) is 0. The lowest BCUT2D eigenvalue weighted by Gasteiger charge is -2.20. The highest BCUT2D eigenvalue weighted by atomic mass is 16.5. The highest BCUT2D eigenvalue weighted by Crippen LogP contribution is 2.13. The highest BCUT2D eigenvalue weighted by Gasteiger charge is 2.20. The maximum Gasteiger partial charge on any atom is 0.325 e. The van der Waals surface area contributed by atoms with Crippen molar-refractivity contribution >= 4 is 22.8 Å². The molecule has 0 bridgehead atoms. The van der Waals surface area contributed by atoms with Gasteiger partial charge >= 0.3 is 5.97 Å². The molecular weight excluding hydrogens is 284 g/mol. The number of fused-ring (bicyclic) bond motifs is 1. The molecule has 6 heteroatoms. The van der Waals surface area contributed by atoms with Gasteiger partial charge in [0.1, 0.15) is 12.2 Å². The van der Waals surface area contributed by atoms with Crippen LogP contribution in [0.15, 0.2) is 36.4 Å². The molecular formula is C16H18N2O4. The number of amides is 1. The molecule has 2 rings (SSSR count). The number of hydrogen-bond acceptors (Lipinski definition) is 5. The van der Waals surface area contributed by atoms with E-state index >= 15 is 0 Å². The molecule has 6 nitrogen and oxygen atoms in total. The van der Waals surface area contributed by atoms with Crippen molar-refractivity contribution in [1.82, 2.24) is 9.88 Å². The zero-order valence-electron chi connectivity index (χ0n) is 12.6. The van der Waals surface area contributed by atoms with E-state index in [9.17, 15) is 9.59 Å². The zero-order valence-corrected chi connectivity index (χ0v) is 12.6. The molecule has 0 radical (unpaired) electrons. The second-order valence-electron chi connectivity index (χ2n) is 4.68. The Morgan fingerprint density at radius 3 is 2.64 bits per heavy atom. The van der Waals surface area contributed by atoms with Crippen LogP contribution in [0.2, 0.25) is 0 Å². The van der Waals surface area contributed by atoms with Crippen LogP contribution in [0.25, 0.3) is 10.9 Å². The predicted molar refractivity (Wildman–Crippen MR) is 81.5 cm³/mol. The van der Waals surface area contributed by atoms with Crippen LogP contribution in [0.5, 0.6) is 0 Å². The summed E-state index contributed by atoms with van der Waals surface area (Å²) in [5.41, 5.74) is 1.02. The molecule has 2 aromatic rings. The minimum absolute atomic E-state index is 0.132. The number of methoxy groups -OCH3 is 2. The van der Waals surface area contributed by atoms with Gasteiger partial charge in [0.2, 0.25) is 0 Å². The van der Waals surface area contributed by atoms with Crippen LogP contribution in [0.1, 0.15) is 10.5 Å². The summed E-state index contributed by atoms with van der Waals surface area (Å²) in [6.45, 7) is 0.489. The van der Waals surface area contributed by atoms with Gasteiger partial charge in [-0.3, -0.25) is 9.59 Å². The average molecular weight is 302 g/mol. The summed E-state index contributed by atoms with van der Waals surface area (Å²) in [4.78, 5) is 29.7. The predicted octanol–water partition coefficient (Wildman–Crippen LogP) is 1.50. The lowest BCUT2D eigenvalue weighted by Crippen LogP contribution is -2.38. The van der Waals surface area contributed by atoms with Crippen molar-refractivity contribution in [2.45, 2.75) is 0 Å². The van der Waals surface area contributed by atoms with Gasteiger partial charge in [-0.15, -0.1) is 0 Å². The third-order valence-corrected chi connectivity index (χ3v) is 3.22. The summed E-state index contributed by atoms with van der Waals surface area (Å²) in [6, 6.07) is 11.0. The van der Waals surface area contributed by atoms with Crippen molar-refractivity contribution in [2.75, 3.05) is 33.9 Å². The number of carbonyl (C=O) groups excluding carboxylic acids is 2. The second-order valence-corrected chi connectivity index (χ2v) is 4.68. The molecule has 0 aliphatic carbocycles. The number of esters is 1. The SMILES string of the molecule is COCCN(CC(=O)OC)C(=O)c1ccc2ccccc2n1. The fraction of sp³-hybridized carbons (Fsp3) is 0.312. The first-order valence-corrected chi connectivity index (χ1v) is 6.86. The van der Waals surface area contributed by atoms with Crippen LogP contribution in [0, 0.1) is 0 Å². The fourth-order valence-electron chi connectivity index (χ4n) is 2.02. The van der Waals surface area contributed by atoms with Gasteiger partial charge in [-0.05, 0) is 12.1 Å². The number of carbonyl (C=O) groups is 2. The average Bonchev–Trinajstić information content (AvgIpc) is 2.57. The molecule has 1 aromatic carbocycles. The van der Waals surface area contributed by atoms with Gasteiger partial charge in [0.25, 0.3) is 5.91 Å².